The molecule has 0 spiro atoms. The number of hydrogen-bond acceptors (Lipinski definition) is 4. The van der Waals surface area contributed by atoms with Gasteiger partial charge in [0.1, 0.15) is 11.3 Å². The van der Waals surface area contributed by atoms with Crippen molar-refractivity contribution in [2.45, 2.75) is 19.8 Å². The Morgan fingerprint density at radius 1 is 1.14 bits per heavy atom. The highest BCUT2D eigenvalue weighted by atomic mass is 16.5. The van der Waals surface area contributed by atoms with Crippen LogP contribution in [0.25, 0.3) is 22.2 Å². The molecule has 0 aliphatic carbocycles. The Bertz CT molecular complexity index is 879. The zero-order valence-corrected chi connectivity index (χ0v) is 12.3. The van der Waals surface area contributed by atoms with Crippen LogP contribution in [0.4, 0.5) is 0 Å². The molecule has 4 heteroatoms. The average Bonchev–Trinajstić information content (AvgIpc) is 2.79. The van der Waals surface area contributed by atoms with Crippen LogP contribution in [-0.2, 0) is 0 Å². The molecule has 0 N–H and O–H groups in total. The van der Waals surface area contributed by atoms with Crippen LogP contribution in [0.3, 0.4) is 0 Å². The van der Waals surface area contributed by atoms with Gasteiger partial charge in [0.05, 0.1) is 12.2 Å². The maximum atomic E-state index is 12.2. The molecular weight excluding hydrogens is 278 g/mol. The molecule has 0 saturated heterocycles. The minimum Gasteiger partial charge on any atom is -0.492 e. The van der Waals surface area contributed by atoms with Gasteiger partial charge in [-0.05, 0) is 30.2 Å². The van der Waals surface area contributed by atoms with Crippen LogP contribution >= 0.6 is 0 Å². The van der Waals surface area contributed by atoms with Crippen molar-refractivity contribution in [1.82, 2.24) is 4.98 Å². The van der Waals surface area contributed by atoms with E-state index in [-0.39, 0.29) is 5.78 Å². The van der Waals surface area contributed by atoms with Gasteiger partial charge in [-0.15, -0.1) is 0 Å². The van der Waals surface area contributed by atoms with Crippen molar-refractivity contribution in [3.05, 3.63) is 47.9 Å². The van der Waals surface area contributed by atoms with E-state index >= 15 is 0 Å². The van der Waals surface area contributed by atoms with Gasteiger partial charge in [0.25, 0.3) is 0 Å². The minimum absolute atomic E-state index is 0.144. The molecule has 1 aliphatic heterocycles. The van der Waals surface area contributed by atoms with Crippen LogP contribution in [0.2, 0.25) is 0 Å². The molecular formula is C18H15NO3. The quantitative estimate of drug-likeness (QED) is 0.676. The number of Topliss-reactive ketones (excluding diaryl/α,β-unsaturated/α-hetero) is 1. The first kappa shape index (κ1) is 13.1. The van der Waals surface area contributed by atoms with Crippen molar-refractivity contribution < 1.29 is 13.9 Å². The summed E-state index contributed by atoms with van der Waals surface area (Å²) in [6.45, 7) is 2.40. The van der Waals surface area contributed by atoms with Gasteiger partial charge in [-0.2, -0.15) is 0 Å². The first-order valence-corrected chi connectivity index (χ1v) is 7.39. The van der Waals surface area contributed by atoms with E-state index in [1.165, 1.54) is 0 Å². The molecule has 4 rings (SSSR count). The van der Waals surface area contributed by atoms with Gasteiger partial charge in [-0.3, -0.25) is 4.79 Å². The third-order valence-electron chi connectivity index (χ3n) is 3.92. The number of hydrogen-bond donors (Lipinski definition) is 0. The standard InChI is InChI=1S/C18H15NO3/c1-11-19-15-8-7-12(10-17(15)22-11)13-4-2-5-14-16(20)6-3-9-21-18(13)14/h2,4-5,7-8,10H,3,6,9H2,1H3. The molecule has 4 nitrogen and oxygen atoms in total. The summed E-state index contributed by atoms with van der Waals surface area (Å²) in [5, 5.41) is 0. The van der Waals surface area contributed by atoms with Crippen LogP contribution in [0.15, 0.2) is 40.8 Å². The lowest BCUT2D eigenvalue weighted by molar-refractivity contribution is 0.0983. The number of fused-ring (bicyclic) bond motifs is 2. The zero-order chi connectivity index (χ0) is 15.1. The summed E-state index contributed by atoms with van der Waals surface area (Å²) in [5.74, 6) is 1.47. The molecule has 0 fully saturated rings. The van der Waals surface area contributed by atoms with Gasteiger partial charge in [0.2, 0.25) is 0 Å². The van der Waals surface area contributed by atoms with Gasteiger partial charge < -0.3 is 9.15 Å². The summed E-state index contributed by atoms with van der Waals surface area (Å²) < 4.78 is 11.5. The van der Waals surface area contributed by atoms with Crippen molar-refractivity contribution >= 4 is 16.9 Å². The van der Waals surface area contributed by atoms with Crippen LogP contribution < -0.4 is 4.74 Å². The first-order chi connectivity index (χ1) is 10.7. The molecule has 2 aromatic carbocycles. The van der Waals surface area contributed by atoms with Crippen LogP contribution in [0, 0.1) is 6.92 Å². The van der Waals surface area contributed by atoms with Gasteiger partial charge >= 0.3 is 0 Å². The molecule has 2 heterocycles. The van der Waals surface area contributed by atoms with E-state index in [1.807, 2.05) is 43.3 Å². The largest absolute Gasteiger partial charge is 0.492 e. The minimum atomic E-state index is 0.144. The van der Waals surface area contributed by atoms with Gasteiger partial charge in [0.15, 0.2) is 17.3 Å². The van der Waals surface area contributed by atoms with Crippen molar-refractivity contribution in [2.24, 2.45) is 0 Å². The van der Waals surface area contributed by atoms with Gasteiger partial charge in [-0.25, -0.2) is 4.98 Å². The molecule has 110 valence electrons. The van der Waals surface area contributed by atoms with E-state index in [1.54, 1.807) is 0 Å². The number of para-hydroxylation sites is 1. The Balaban J connectivity index is 1.90. The van der Waals surface area contributed by atoms with E-state index in [9.17, 15) is 4.79 Å². The smallest absolute Gasteiger partial charge is 0.192 e. The molecule has 0 atom stereocenters. The second-order valence-electron chi connectivity index (χ2n) is 5.47. The molecule has 0 unspecified atom stereocenters. The lowest BCUT2D eigenvalue weighted by atomic mass is 9.98. The molecule has 0 amide bonds. The number of aromatic nitrogens is 1. The number of carbonyl (C=O) groups excluding carboxylic acids is 1. The maximum Gasteiger partial charge on any atom is 0.192 e. The van der Waals surface area contributed by atoms with E-state index in [0.29, 0.717) is 30.2 Å². The van der Waals surface area contributed by atoms with Crippen LogP contribution in [-0.4, -0.2) is 17.4 Å². The normalized spacial score (nSPS) is 14.5. The summed E-state index contributed by atoms with van der Waals surface area (Å²) in [4.78, 5) is 16.5. The number of ketones is 1. The lowest BCUT2D eigenvalue weighted by Crippen LogP contribution is -1.99. The second-order valence-corrected chi connectivity index (χ2v) is 5.47. The van der Waals surface area contributed by atoms with Crippen LogP contribution in [0.5, 0.6) is 5.75 Å². The fraction of sp³-hybridized carbons (Fsp3) is 0.222. The first-order valence-electron chi connectivity index (χ1n) is 7.39. The molecule has 0 saturated carbocycles. The van der Waals surface area contributed by atoms with E-state index in [4.69, 9.17) is 9.15 Å². The summed E-state index contributed by atoms with van der Waals surface area (Å²) in [5.41, 5.74) is 4.13. The average molecular weight is 293 g/mol. The predicted molar refractivity (Wildman–Crippen MR) is 83.2 cm³/mol. The highest BCUT2D eigenvalue weighted by molar-refractivity contribution is 6.01. The second kappa shape index (κ2) is 4.98. The number of aryl methyl sites for hydroxylation is 1. The molecule has 1 aromatic heterocycles. The highest BCUT2D eigenvalue weighted by Gasteiger charge is 2.20. The van der Waals surface area contributed by atoms with E-state index in [2.05, 4.69) is 4.98 Å². The molecule has 1 aliphatic rings. The van der Waals surface area contributed by atoms with Crippen molar-refractivity contribution in [3.8, 4) is 16.9 Å². The monoisotopic (exact) mass is 293 g/mol. The lowest BCUT2D eigenvalue weighted by Gasteiger charge is -2.12. The fourth-order valence-electron chi connectivity index (χ4n) is 2.89. The van der Waals surface area contributed by atoms with E-state index in [0.717, 1.165) is 28.6 Å². The fourth-order valence-corrected chi connectivity index (χ4v) is 2.89. The van der Waals surface area contributed by atoms with Crippen LogP contribution in [0.1, 0.15) is 29.1 Å². The maximum absolute atomic E-state index is 12.2. The molecule has 3 aromatic rings. The topological polar surface area (TPSA) is 52.3 Å². The molecule has 22 heavy (non-hydrogen) atoms. The van der Waals surface area contributed by atoms with Crippen molar-refractivity contribution in [1.29, 1.82) is 0 Å². The Morgan fingerprint density at radius 2 is 2.00 bits per heavy atom. The van der Waals surface area contributed by atoms with E-state index < -0.39 is 0 Å². The zero-order valence-electron chi connectivity index (χ0n) is 12.3. The molecule has 0 radical (unpaired) electrons. The third-order valence-corrected chi connectivity index (χ3v) is 3.92. The Morgan fingerprint density at radius 3 is 2.91 bits per heavy atom. The van der Waals surface area contributed by atoms with Crippen molar-refractivity contribution in [3.63, 3.8) is 0 Å². The third kappa shape index (κ3) is 2.08. The summed E-state index contributed by atoms with van der Waals surface area (Å²) in [6.07, 6.45) is 1.30. The number of rotatable bonds is 1. The predicted octanol–water partition coefficient (Wildman–Crippen LogP) is 4.16. The number of benzene rings is 2. The molecule has 0 bridgehead atoms. The SMILES string of the molecule is Cc1nc2ccc(-c3cccc4c3OCCCC4=O)cc2o1. The highest BCUT2D eigenvalue weighted by Crippen LogP contribution is 2.36. The number of nitrogens with zero attached hydrogens (tertiary/aromatic N) is 1. The Kier molecular flexibility index (Phi) is 2.96. The summed E-state index contributed by atoms with van der Waals surface area (Å²) in [6, 6.07) is 11.6. The summed E-state index contributed by atoms with van der Waals surface area (Å²) >= 11 is 0. The number of ether oxygens (including phenoxy) is 1. The Labute approximate surface area is 127 Å². The van der Waals surface area contributed by atoms with Gasteiger partial charge in [0, 0.05) is 18.9 Å². The number of oxazole rings is 1. The van der Waals surface area contributed by atoms with Gasteiger partial charge in [-0.1, -0.05) is 18.2 Å². The Hall–Kier alpha value is -2.62. The summed E-state index contributed by atoms with van der Waals surface area (Å²) in [7, 11) is 0. The number of carbonyl (C=O) groups is 1. The van der Waals surface area contributed by atoms with Crippen molar-refractivity contribution in [2.75, 3.05) is 6.61 Å².